The third kappa shape index (κ3) is 12.0. The first-order valence-electron chi connectivity index (χ1n) is 24.3. The van der Waals surface area contributed by atoms with E-state index < -0.39 is 12.2 Å². The van der Waals surface area contributed by atoms with Gasteiger partial charge in [0.05, 0.1) is 25.9 Å². The third-order valence-corrected chi connectivity index (χ3v) is 14.2. The number of hydrogen-bond acceptors (Lipinski definition) is 10. The summed E-state index contributed by atoms with van der Waals surface area (Å²) in [6.07, 6.45) is 15.6. The van der Waals surface area contributed by atoms with Gasteiger partial charge in [0.2, 0.25) is 0 Å². The molecule has 0 radical (unpaired) electrons. The number of fused-ring (bicyclic) bond motifs is 9. The number of phenolic OH excluding ortho intramolecular Hbond substituents is 1. The molecule has 360 valence electrons. The molecular weight excluding hydrogens is 867 g/mol. The summed E-state index contributed by atoms with van der Waals surface area (Å²) < 4.78 is 18.5. The smallest absolute Gasteiger partial charge is 0.161 e. The minimum Gasteiger partial charge on any atom is -0.508 e. The van der Waals surface area contributed by atoms with Gasteiger partial charge in [-0.25, -0.2) is 0 Å². The molecule has 2 heterocycles. The summed E-state index contributed by atoms with van der Waals surface area (Å²) in [6, 6.07) is 27.6. The molecule has 6 bridgehead atoms. The lowest BCUT2D eigenvalue weighted by molar-refractivity contribution is -0.121. The number of benzene rings is 5. The highest BCUT2D eigenvalue weighted by Crippen LogP contribution is 2.44. The first kappa shape index (κ1) is 48.9. The van der Waals surface area contributed by atoms with E-state index in [9.17, 15) is 30.3 Å². The summed E-state index contributed by atoms with van der Waals surface area (Å²) in [6.45, 7) is 3.81. The Kier molecular flexibility index (Phi) is 16.1. The number of aliphatic hydroxyl groups excluding tert-OH is 4. The van der Waals surface area contributed by atoms with Gasteiger partial charge >= 0.3 is 0 Å². The van der Waals surface area contributed by atoms with E-state index in [0.717, 1.165) is 62.7 Å². The normalized spacial score (nSPS) is 20.3. The van der Waals surface area contributed by atoms with Crippen molar-refractivity contribution in [3.05, 3.63) is 159 Å². The Bertz CT molecular complexity index is 2760. The molecule has 0 saturated heterocycles. The van der Waals surface area contributed by atoms with E-state index in [1.54, 1.807) is 20.1 Å². The maximum absolute atomic E-state index is 13.9. The zero-order chi connectivity index (χ0) is 48.4. The lowest BCUT2D eigenvalue weighted by Crippen LogP contribution is -2.33. The molecule has 0 amide bonds. The third-order valence-electron chi connectivity index (χ3n) is 14.2. The largest absolute Gasteiger partial charge is 0.508 e. The van der Waals surface area contributed by atoms with Crippen molar-refractivity contribution in [3.63, 3.8) is 0 Å². The Balaban J connectivity index is 1.02. The average molecular weight is 932 g/mol. The number of aryl methyl sites for hydroxylation is 2. The second-order valence-corrected chi connectivity index (χ2v) is 19.1. The van der Waals surface area contributed by atoms with Crippen LogP contribution in [0.25, 0.3) is 16.8 Å². The molecule has 10 heteroatoms. The van der Waals surface area contributed by atoms with Crippen LogP contribution in [-0.4, -0.2) is 63.3 Å². The number of ether oxygens (including phenoxy) is 3. The monoisotopic (exact) mass is 931 g/mol. The van der Waals surface area contributed by atoms with Crippen LogP contribution in [0.15, 0.2) is 115 Å². The molecule has 6 N–H and O–H groups in total. The minimum atomic E-state index is -0.612. The summed E-state index contributed by atoms with van der Waals surface area (Å²) >= 11 is 0. The van der Waals surface area contributed by atoms with E-state index in [1.807, 2.05) is 72.8 Å². The highest BCUT2D eigenvalue weighted by atomic mass is 16.5. The van der Waals surface area contributed by atoms with Gasteiger partial charge in [0, 0.05) is 48.6 Å². The molecule has 4 aliphatic rings. The number of rotatable bonds is 15. The second-order valence-electron chi connectivity index (χ2n) is 19.1. The fourth-order valence-corrected chi connectivity index (χ4v) is 10.2. The summed E-state index contributed by atoms with van der Waals surface area (Å²) in [5, 5.41) is 59.7. The SMILES string of the molecule is COc1ccc2cc1OCc1c(CO)cc3c(c(O)cc4c3c1C=CC4C)CC#COC(CC1C=C(O)C=CC1CC(CO)CCc1cccc(NC(Cc3ccccc3)C(C)O)c1)CC(=O)CC2. The van der Waals surface area contributed by atoms with Gasteiger partial charge in [-0.1, -0.05) is 79.6 Å². The lowest BCUT2D eigenvalue weighted by Gasteiger charge is -2.30. The molecule has 0 fully saturated rings. The first-order valence-corrected chi connectivity index (χ1v) is 24.3. The maximum Gasteiger partial charge on any atom is 0.161 e. The minimum absolute atomic E-state index is 0.00270. The standard InChI is InChI=1S/C59H65NO9/c1-37-14-22-51-54-36-69-58-28-41(18-23-57(58)67-3)17-20-48(65)32-49(68-24-8-13-50-53(31-45(54)35-62)59(51)52(37)33-56(50)66)30-44-29-47(64)21-19-43(44)25-42(34-61)16-15-40-11-7-12-46(26-40)60-55(38(2)63)27-39-9-5-4-6-10-39/h4-7,9-12,14,18-19,21-23,26,28-29,31,33,37-38,42-44,49,55,60-64,66H,13,15-17,20,25,27,30,32,34-36H2,1-3H3. The van der Waals surface area contributed by atoms with E-state index >= 15 is 0 Å². The number of Topliss-reactive ketones (excluding diaryl/α,β-unsaturated/α-hetero) is 1. The van der Waals surface area contributed by atoms with E-state index in [4.69, 9.17) is 14.2 Å². The highest BCUT2D eigenvalue weighted by molar-refractivity contribution is 6.00. The topological polar surface area (TPSA) is 158 Å². The highest BCUT2D eigenvalue weighted by Gasteiger charge is 2.30. The van der Waals surface area contributed by atoms with Crippen LogP contribution >= 0.6 is 0 Å². The van der Waals surface area contributed by atoms with Crippen LogP contribution in [0.2, 0.25) is 0 Å². The molecule has 5 aromatic carbocycles. The van der Waals surface area contributed by atoms with Crippen molar-refractivity contribution in [2.24, 2.45) is 17.8 Å². The molecule has 7 atom stereocenters. The molecule has 2 aliphatic carbocycles. The van der Waals surface area contributed by atoms with Gasteiger partial charge in [-0.3, -0.25) is 4.79 Å². The number of aliphatic hydroxyl groups is 4. The molecule has 0 spiro atoms. The second kappa shape index (κ2) is 22.7. The Morgan fingerprint density at radius 1 is 0.913 bits per heavy atom. The predicted molar refractivity (Wildman–Crippen MR) is 271 cm³/mol. The molecule has 7 unspecified atom stereocenters. The van der Waals surface area contributed by atoms with E-state index in [2.05, 4.69) is 60.7 Å². The number of carbonyl (C=O) groups is 1. The number of carbonyl (C=O) groups excluding carboxylic acids is 1. The summed E-state index contributed by atoms with van der Waals surface area (Å²) in [4.78, 5) is 13.9. The quantitative estimate of drug-likeness (QED) is 0.0559. The molecule has 5 aromatic rings. The van der Waals surface area contributed by atoms with Gasteiger partial charge in [-0.2, -0.15) is 0 Å². The number of aromatic hydroxyl groups is 1. The van der Waals surface area contributed by atoms with Crippen molar-refractivity contribution in [1.29, 1.82) is 0 Å². The van der Waals surface area contributed by atoms with Crippen LogP contribution in [0.5, 0.6) is 17.2 Å². The zero-order valence-corrected chi connectivity index (χ0v) is 39.9. The zero-order valence-electron chi connectivity index (χ0n) is 39.9. The molecule has 0 saturated carbocycles. The van der Waals surface area contributed by atoms with Crippen molar-refractivity contribution in [3.8, 4) is 29.3 Å². The van der Waals surface area contributed by atoms with E-state index in [0.29, 0.717) is 48.3 Å². The van der Waals surface area contributed by atoms with Crippen molar-refractivity contribution < 1.29 is 44.5 Å². The molecule has 10 nitrogen and oxygen atoms in total. The number of nitrogens with one attached hydrogen (secondary N) is 1. The molecule has 0 aromatic heterocycles. The Morgan fingerprint density at radius 2 is 1.74 bits per heavy atom. The lowest BCUT2D eigenvalue weighted by atomic mass is 9.77. The number of hydrogen-bond donors (Lipinski definition) is 6. The molecule has 2 aliphatic heterocycles. The van der Waals surface area contributed by atoms with Crippen LogP contribution in [0, 0.1) is 29.8 Å². The summed E-state index contributed by atoms with van der Waals surface area (Å²) in [5.41, 5.74) is 8.14. The van der Waals surface area contributed by atoms with E-state index in [-0.39, 0.29) is 86.1 Å². The predicted octanol–water partition coefficient (Wildman–Crippen LogP) is 10.2. The van der Waals surface area contributed by atoms with Gasteiger partial charge in [0.15, 0.2) is 11.5 Å². The van der Waals surface area contributed by atoms with Crippen LogP contribution in [0.3, 0.4) is 0 Å². The Hall–Kier alpha value is -6.51. The number of allylic oxidation sites excluding steroid dienone is 4. The first-order chi connectivity index (χ1) is 33.5. The summed E-state index contributed by atoms with van der Waals surface area (Å²) in [5.74, 6) is 4.23. The average Bonchev–Trinajstić information content (AvgIpc) is 3.35. The van der Waals surface area contributed by atoms with Crippen molar-refractivity contribution in [2.45, 2.75) is 109 Å². The number of anilines is 1. The van der Waals surface area contributed by atoms with Gasteiger partial charge < -0.3 is 45.1 Å². The van der Waals surface area contributed by atoms with Crippen molar-refractivity contribution >= 4 is 28.3 Å². The fourth-order valence-electron chi connectivity index (χ4n) is 10.2. The summed E-state index contributed by atoms with van der Waals surface area (Å²) in [7, 11) is 1.59. The van der Waals surface area contributed by atoms with Gasteiger partial charge in [-0.15, -0.1) is 0 Å². The van der Waals surface area contributed by atoms with Crippen LogP contribution in [0.4, 0.5) is 5.69 Å². The van der Waals surface area contributed by atoms with Crippen LogP contribution in [0.1, 0.15) is 96.4 Å². The van der Waals surface area contributed by atoms with Crippen LogP contribution < -0.4 is 14.8 Å². The fraction of sp³-hybridized carbons (Fsp3) is 0.373. The van der Waals surface area contributed by atoms with Gasteiger partial charge in [-0.05, 0) is 156 Å². The molecular formula is C59H65NO9. The number of phenols is 1. The molecule has 9 rings (SSSR count). The Morgan fingerprint density at radius 3 is 2.52 bits per heavy atom. The van der Waals surface area contributed by atoms with Gasteiger partial charge in [0.1, 0.15) is 36.1 Å². The van der Waals surface area contributed by atoms with Crippen molar-refractivity contribution in [1.82, 2.24) is 0 Å². The number of methoxy groups -OCH3 is 1. The van der Waals surface area contributed by atoms with Crippen molar-refractivity contribution in [2.75, 3.05) is 19.0 Å². The molecule has 69 heavy (non-hydrogen) atoms. The van der Waals surface area contributed by atoms with Crippen LogP contribution in [-0.2, 0) is 48.4 Å². The van der Waals surface area contributed by atoms with E-state index in [1.165, 1.54) is 0 Å². The maximum atomic E-state index is 13.9. The number of ketones is 1. The van der Waals surface area contributed by atoms with Gasteiger partial charge in [0.25, 0.3) is 0 Å². The Labute approximate surface area is 406 Å².